The van der Waals surface area contributed by atoms with E-state index in [-0.39, 0.29) is 12.0 Å². The summed E-state index contributed by atoms with van der Waals surface area (Å²) in [4.78, 5) is 16.1. The molecule has 0 aromatic heterocycles. The molecule has 1 aromatic rings. The topological polar surface area (TPSA) is 43.8 Å². The summed E-state index contributed by atoms with van der Waals surface area (Å²) >= 11 is 0. The van der Waals surface area contributed by atoms with Crippen molar-refractivity contribution >= 4 is 5.97 Å². The van der Waals surface area contributed by atoms with Gasteiger partial charge in [0, 0.05) is 26.2 Å². The van der Waals surface area contributed by atoms with E-state index in [4.69, 9.17) is 0 Å². The molecule has 0 aliphatic carbocycles. The Labute approximate surface area is 121 Å². The number of piperazine rings is 1. The second-order valence-electron chi connectivity index (χ2n) is 5.61. The van der Waals surface area contributed by atoms with E-state index in [1.807, 2.05) is 18.2 Å². The molecule has 1 aliphatic heterocycles. The van der Waals surface area contributed by atoms with E-state index in [9.17, 15) is 9.90 Å². The largest absolute Gasteiger partial charge is 0.481 e. The second-order valence-corrected chi connectivity index (χ2v) is 5.61. The van der Waals surface area contributed by atoms with Crippen molar-refractivity contribution in [2.24, 2.45) is 0 Å². The van der Waals surface area contributed by atoms with Crippen LogP contribution >= 0.6 is 0 Å². The van der Waals surface area contributed by atoms with E-state index in [2.05, 4.69) is 35.9 Å². The summed E-state index contributed by atoms with van der Waals surface area (Å²) in [6, 6.07) is 10.1. The predicted octanol–water partition coefficient (Wildman–Crippen LogP) is 2.01. The van der Waals surface area contributed by atoms with Crippen LogP contribution in [-0.2, 0) is 10.3 Å². The molecule has 0 bridgehead atoms. The zero-order valence-corrected chi connectivity index (χ0v) is 12.4. The van der Waals surface area contributed by atoms with Crippen molar-refractivity contribution in [2.75, 3.05) is 33.2 Å². The number of benzene rings is 1. The molecule has 0 saturated carbocycles. The Balaban J connectivity index is 2.34. The van der Waals surface area contributed by atoms with Crippen LogP contribution in [0.4, 0.5) is 0 Å². The van der Waals surface area contributed by atoms with Crippen molar-refractivity contribution in [3.05, 3.63) is 35.9 Å². The van der Waals surface area contributed by atoms with Gasteiger partial charge in [-0.3, -0.25) is 9.69 Å². The van der Waals surface area contributed by atoms with E-state index in [1.165, 1.54) is 0 Å². The van der Waals surface area contributed by atoms with Gasteiger partial charge in [0.25, 0.3) is 0 Å². The first-order valence-electron chi connectivity index (χ1n) is 7.29. The highest BCUT2D eigenvalue weighted by atomic mass is 16.4. The minimum Gasteiger partial charge on any atom is -0.481 e. The van der Waals surface area contributed by atoms with E-state index >= 15 is 0 Å². The molecule has 1 aromatic carbocycles. The number of carboxylic acid groups (broad SMARTS) is 1. The number of likely N-dealkylation sites (N-methyl/N-ethyl adjacent to an activating group) is 1. The molecule has 4 heteroatoms. The van der Waals surface area contributed by atoms with E-state index in [0.29, 0.717) is 0 Å². The van der Waals surface area contributed by atoms with Gasteiger partial charge in [-0.2, -0.15) is 0 Å². The van der Waals surface area contributed by atoms with Gasteiger partial charge in [0.2, 0.25) is 0 Å². The SMILES string of the molecule is CCC(CC(=O)O)(c1ccccc1)N1CCN(C)CC1. The lowest BCUT2D eigenvalue weighted by molar-refractivity contribution is -0.141. The van der Waals surface area contributed by atoms with Crippen molar-refractivity contribution in [1.82, 2.24) is 9.80 Å². The molecule has 1 aliphatic rings. The summed E-state index contributed by atoms with van der Waals surface area (Å²) < 4.78 is 0. The maximum absolute atomic E-state index is 11.4. The summed E-state index contributed by atoms with van der Waals surface area (Å²) in [6.07, 6.45) is 0.976. The lowest BCUT2D eigenvalue weighted by Crippen LogP contribution is -2.55. The van der Waals surface area contributed by atoms with Crippen LogP contribution in [0.2, 0.25) is 0 Å². The molecule has 0 spiro atoms. The predicted molar refractivity (Wildman–Crippen MR) is 79.7 cm³/mol. The Hall–Kier alpha value is -1.39. The molecular weight excluding hydrogens is 252 g/mol. The Morgan fingerprint density at radius 1 is 1.20 bits per heavy atom. The van der Waals surface area contributed by atoms with Crippen molar-refractivity contribution < 1.29 is 9.90 Å². The monoisotopic (exact) mass is 276 g/mol. The average molecular weight is 276 g/mol. The minimum absolute atomic E-state index is 0.164. The van der Waals surface area contributed by atoms with Gasteiger partial charge in [-0.15, -0.1) is 0 Å². The molecule has 0 radical (unpaired) electrons. The molecule has 0 amide bonds. The highest BCUT2D eigenvalue weighted by Crippen LogP contribution is 2.36. The van der Waals surface area contributed by atoms with Gasteiger partial charge in [-0.25, -0.2) is 0 Å². The maximum atomic E-state index is 11.4. The smallest absolute Gasteiger partial charge is 0.305 e. The fourth-order valence-corrected chi connectivity index (χ4v) is 3.18. The number of rotatable bonds is 5. The van der Waals surface area contributed by atoms with E-state index < -0.39 is 5.97 Å². The number of nitrogens with zero attached hydrogens (tertiary/aromatic N) is 2. The van der Waals surface area contributed by atoms with Crippen molar-refractivity contribution in [2.45, 2.75) is 25.3 Å². The molecule has 1 fully saturated rings. The number of carboxylic acids is 1. The van der Waals surface area contributed by atoms with Gasteiger partial charge >= 0.3 is 5.97 Å². The first-order valence-corrected chi connectivity index (χ1v) is 7.29. The lowest BCUT2D eigenvalue weighted by Gasteiger charge is -2.47. The van der Waals surface area contributed by atoms with E-state index in [0.717, 1.165) is 38.2 Å². The third-order valence-corrected chi connectivity index (χ3v) is 4.45. The molecule has 1 unspecified atom stereocenters. The van der Waals surface area contributed by atoms with Gasteiger partial charge in [0.1, 0.15) is 0 Å². The van der Waals surface area contributed by atoms with Crippen LogP contribution in [0.25, 0.3) is 0 Å². The van der Waals surface area contributed by atoms with Gasteiger partial charge < -0.3 is 10.0 Å². The van der Waals surface area contributed by atoms with Gasteiger partial charge in [0.15, 0.2) is 0 Å². The molecule has 4 nitrogen and oxygen atoms in total. The first-order chi connectivity index (χ1) is 9.58. The van der Waals surface area contributed by atoms with Crippen LogP contribution in [0.5, 0.6) is 0 Å². The third-order valence-electron chi connectivity index (χ3n) is 4.45. The molecule has 1 N–H and O–H groups in total. The molecule has 1 atom stereocenters. The summed E-state index contributed by atoms with van der Waals surface area (Å²) in [5.41, 5.74) is 0.739. The minimum atomic E-state index is -0.727. The highest BCUT2D eigenvalue weighted by molar-refractivity contribution is 5.69. The molecule has 110 valence electrons. The van der Waals surface area contributed by atoms with Gasteiger partial charge in [-0.1, -0.05) is 37.3 Å². The molecule has 20 heavy (non-hydrogen) atoms. The van der Waals surface area contributed by atoms with Crippen molar-refractivity contribution in [3.8, 4) is 0 Å². The van der Waals surface area contributed by atoms with E-state index in [1.54, 1.807) is 0 Å². The zero-order valence-electron chi connectivity index (χ0n) is 12.4. The standard InChI is InChI=1S/C16H24N2O2/c1-3-16(13-15(19)20,14-7-5-4-6-8-14)18-11-9-17(2)10-12-18/h4-8H,3,9-13H2,1-2H3,(H,19,20). The van der Waals surface area contributed by atoms with Crippen LogP contribution in [0.1, 0.15) is 25.3 Å². The van der Waals surface area contributed by atoms with Crippen molar-refractivity contribution in [1.29, 1.82) is 0 Å². The average Bonchev–Trinajstić information content (AvgIpc) is 2.46. The van der Waals surface area contributed by atoms with Crippen LogP contribution < -0.4 is 0 Å². The van der Waals surface area contributed by atoms with Crippen molar-refractivity contribution in [3.63, 3.8) is 0 Å². The summed E-state index contributed by atoms with van der Waals surface area (Å²) in [6.45, 7) is 5.93. The van der Waals surface area contributed by atoms with Crippen LogP contribution in [-0.4, -0.2) is 54.1 Å². The fourth-order valence-electron chi connectivity index (χ4n) is 3.18. The molecule has 1 saturated heterocycles. The van der Waals surface area contributed by atoms with Gasteiger partial charge in [-0.05, 0) is 19.0 Å². The summed E-state index contributed by atoms with van der Waals surface area (Å²) in [5.74, 6) is -0.727. The van der Waals surface area contributed by atoms with Crippen LogP contribution in [0, 0.1) is 0 Å². The zero-order chi connectivity index (χ0) is 14.6. The Kier molecular flexibility index (Phi) is 4.78. The molecular formula is C16H24N2O2. The Morgan fingerprint density at radius 2 is 1.80 bits per heavy atom. The molecule has 2 rings (SSSR count). The quantitative estimate of drug-likeness (QED) is 0.893. The third kappa shape index (κ3) is 3.02. The first kappa shape index (κ1) is 15.0. The van der Waals surface area contributed by atoms with Crippen LogP contribution in [0.3, 0.4) is 0 Å². The fraction of sp³-hybridized carbons (Fsp3) is 0.562. The van der Waals surface area contributed by atoms with Crippen LogP contribution in [0.15, 0.2) is 30.3 Å². The summed E-state index contributed by atoms with van der Waals surface area (Å²) in [7, 11) is 2.12. The maximum Gasteiger partial charge on any atom is 0.305 e. The summed E-state index contributed by atoms with van der Waals surface area (Å²) in [5, 5.41) is 9.39. The Bertz CT molecular complexity index is 441. The van der Waals surface area contributed by atoms with Gasteiger partial charge in [0.05, 0.1) is 12.0 Å². The lowest BCUT2D eigenvalue weighted by atomic mass is 9.81. The number of hydrogen-bond donors (Lipinski definition) is 1. The number of hydrogen-bond acceptors (Lipinski definition) is 3. The highest BCUT2D eigenvalue weighted by Gasteiger charge is 2.39. The number of carbonyl (C=O) groups is 1. The normalized spacial score (nSPS) is 20.5. The Morgan fingerprint density at radius 3 is 2.30 bits per heavy atom. The molecule has 1 heterocycles. The number of aliphatic carboxylic acids is 1. The second kappa shape index (κ2) is 6.37.